The molecule has 8 nitrogen and oxygen atoms in total. The Kier molecular flexibility index (Phi) is 8.49. The van der Waals surface area contributed by atoms with Gasteiger partial charge in [0.2, 0.25) is 0 Å². The molecule has 4 rings (SSSR count). The van der Waals surface area contributed by atoms with Crippen LogP contribution >= 0.6 is 0 Å². The monoisotopic (exact) mass is 561 g/mol. The number of β-amino-alcohol motifs (C(OH)–C–C–N with tert-alkyl or cyclic N) is 1. The van der Waals surface area contributed by atoms with Crippen LogP contribution in [0.1, 0.15) is 62.5 Å². The number of nitrogens with zero attached hydrogens (tertiary/aromatic N) is 5. The first-order valence-corrected chi connectivity index (χ1v) is 16.9. The predicted molar refractivity (Wildman–Crippen MR) is 163 cm³/mol. The minimum absolute atomic E-state index is 0.203. The maximum Gasteiger partial charge on any atom is 0.278 e. The number of benzene rings is 1. The third kappa shape index (κ3) is 7.13. The molecule has 9 heteroatoms. The van der Waals surface area contributed by atoms with Crippen molar-refractivity contribution in [1.82, 2.24) is 14.8 Å². The van der Waals surface area contributed by atoms with E-state index in [9.17, 15) is 9.90 Å². The normalized spacial score (nSPS) is 15.1. The number of carbonyl (C=O) groups is 1. The molecule has 2 aromatic heterocycles. The molecule has 0 saturated carbocycles. The van der Waals surface area contributed by atoms with Crippen LogP contribution in [0.3, 0.4) is 0 Å². The van der Waals surface area contributed by atoms with Crippen molar-refractivity contribution in [3.8, 4) is 11.3 Å². The Morgan fingerprint density at radius 2 is 1.90 bits per heavy atom. The summed E-state index contributed by atoms with van der Waals surface area (Å²) in [6, 6.07) is 9.86. The van der Waals surface area contributed by atoms with Crippen molar-refractivity contribution in [3.63, 3.8) is 0 Å². The predicted octanol–water partition coefficient (Wildman–Crippen LogP) is 5.81. The Hall–Kier alpha value is -3.14. The fourth-order valence-electron chi connectivity index (χ4n) is 4.54. The Labute approximate surface area is 239 Å². The van der Waals surface area contributed by atoms with Gasteiger partial charge < -0.3 is 14.4 Å². The average molecular weight is 562 g/mol. The Morgan fingerprint density at radius 1 is 1.15 bits per heavy atom. The van der Waals surface area contributed by atoms with Crippen molar-refractivity contribution >= 4 is 25.7 Å². The third-order valence-corrected chi connectivity index (χ3v) is 12.3. The molecule has 3 heterocycles. The van der Waals surface area contributed by atoms with E-state index in [1.54, 1.807) is 43.1 Å². The lowest BCUT2D eigenvalue weighted by Gasteiger charge is -2.36. The quantitative estimate of drug-likeness (QED) is 0.262. The van der Waals surface area contributed by atoms with Crippen molar-refractivity contribution in [2.24, 2.45) is 12.0 Å². The first-order valence-electron chi connectivity index (χ1n) is 14.0. The largest absolute Gasteiger partial charge is 0.417 e. The summed E-state index contributed by atoms with van der Waals surface area (Å²) in [5, 5.41) is 15.0. The molecular weight excluding hydrogens is 518 g/mol. The van der Waals surface area contributed by atoms with Crippen LogP contribution in [0, 0.1) is 0 Å². The summed E-state index contributed by atoms with van der Waals surface area (Å²) in [6.45, 7) is 16.0. The van der Waals surface area contributed by atoms with Gasteiger partial charge in [0.25, 0.3) is 5.91 Å². The number of hydrogen-bond donors (Lipinski definition) is 1. The van der Waals surface area contributed by atoms with E-state index in [1.165, 1.54) is 5.56 Å². The molecule has 0 spiro atoms. The van der Waals surface area contributed by atoms with Gasteiger partial charge in [0.1, 0.15) is 5.84 Å². The zero-order valence-corrected chi connectivity index (χ0v) is 26.2. The van der Waals surface area contributed by atoms with Crippen LogP contribution < -0.4 is 4.90 Å². The molecule has 0 aliphatic carbocycles. The Bertz CT molecular complexity index is 1400. The molecule has 1 aliphatic heterocycles. The smallest absolute Gasteiger partial charge is 0.278 e. The highest BCUT2D eigenvalue weighted by molar-refractivity contribution is 6.74. The third-order valence-electron chi connectivity index (χ3n) is 7.76. The number of aliphatic hydroxyl groups is 1. The van der Waals surface area contributed by atoms with Crippen LogP contribution in [0.5, 0.6) is 0 Å². The van der Waals surface area contributed by atoms with Crippen LogP contribution in [0.4, 0.5) is 5.69 Å². The molecule has 0 saturated heterocycles. The summed E-state index contributed by atoms with van der Waals surface area (Å²) < 4.78 is 8.06. The van der Waals surface area contributed by atoms with Crippen LogP contribution in [0.2, 0.25) is 18.1 Å². The number of anilines is 1. The van der Waals surface area contributed by atoms with E-state index in [2.05, 4.69) is 67.1 Å². The second kappa shape index (κ2) is 11.4. The topological polar surface area (TPSA) is 92.8 Å². The van der Waals surface area contributed by atoms with Gasteiger partial charge in [-0.15, -0.1) is 0 Å². The number of fused-ring (bicyclic) bond motifs is 1. The van der Waals surface area contributed by atoms with Gasteiger partial charge in [-0.1, -0.05) is 32.9 Å². The van der Waals surface area contributed by atoms with Gasteiger partial charge in [-0.05, 0) is 74.1 Å². The number of aliphatic imine (C=N–C) groups is 1. The van der Waals surface area contributed by atoms with Crippen molar-refractivity contribution in [2.75, 3.05) is 18.1 Å². The standard InChI is InChI=1S/C31H43N5O3Si/c1-30(2,3)40(7,8)39-15-9-10-22-11-12-27-24(16-22)18-28(36(27)21-31(4,5)38)34-29(37)23-13-14-32-26(17-23)25-19-33-35(6)20-25/h11-14,16-17,19-20,38H,9-10,15,18,21H2,1-8H3. The maximum atomic E-state index is 13.3. The lowest BCUT2D eigenvalue weighted by molar-refractivity contribution is 0.0901. The van der Waals surface area contributed by atoms with Crippen LogP contribution in [0.25, 0.3) is 11.3 Å². The van der Waals surface area contributed by atoms with Gasteiger partial charge in [0.05, 0.1) is 24.0 Å². The van der Waals surface area contributed by atoms with E-state index in [0.29, 0.717) is 30.1 Å². The molecular formula is C31H43N5O3Si. The number of aromatic nitrogens is 3. The highest BCUT2D eigenvalue weighted by Gasteiger charge is 2.37. The summed E-state index contributed by atoms with van der Waals surface area (Å²) >= 11 is 0. The van der Waals surface area contributed by atoms with Crippen molar-refractivity contribution in [2.45, 2.75) is 77.6 Å². The number of carbonyl (C=O) groups excluding carboxylic acids is 1. The SMILES string of the molecule is Cn1cc(-c2cc(C(=O)N=C3Cc4cc(CCCO[Si](C)(C)C(C)(C)C)ccc4N3CC(C)(C)O)ccn2)cn1. The first kappa shape index (κ1) is 29.8. The molecule has 0 fully saturated rings. The lowest BCUT2D eigenvalue weighted by atomic mass is 10.0. The summed E-state index contributed by atoms with van der Waals surface area (Å²) in [4.78, 5) is 24.2. The van der Waals surface area contributed by atoms with E-state index in [-0.39, 0.29) is 10.9 Å². The van der Waals surface area contributed by atoms with Crippen LogP contribution in [0.15, 0.2) is 53.9 Å². The molecule has 1 N–H and O–H groups in total. The van der Waals surface area contributed by atoms with Crippen LogP contribution in [-0.4, -0.2) is 58.7 Å². The molecule has 40 heavy (non-hydrogen) atoms. The van der Waals surface area contributed by atoms with Gasteiger partial charge in [-0.3, -0.25) is 14.5 Å². The zero-order chi connectivity index (χ0) is 29.3. The van der Waals surface area contributed by atoms with Crippen molar-refractivity contribution in [1.29, 1.82) is 0 Å². The van der Waals surface area contributed by atoms with Gasteiger partial charge in [-0.2, -0.15) is 10.1 Å². The minimum Gasteiger partial charge on any atom is -0.417 e. The van der Waals surface area contributed by atoms with Crippen molar-refractivity contribution in [3.05, 3.63) is 65.6 Å². The van der Waals surface area contributed by atoms with E-state index >= 15 is 0 Å². The second-order valence-corrected chi connectivity index (χ2v) is 17.7. The average Bonchev–Trinajstić information content (AvgIpc) is 3.43. The summed E-state index contributed by atoms with van der Waals surface area (Å²) in [7, 11) is 0.0885. The van der Waals surface area contributed by atoms with Crippen LogP contribution in [-0.2, 0) is 24.3 Å². The molecule has 1 amide bonds. The number of rotatable bonds is 9. The van der Waals surface area contributed by atoms with Crippen molar-refractivity contribution < 1.29 is 14.3 Å². The minimum atomic E-state index is -1.75. The molecule has 3 aromatic rings. The first-order chi connectivity index (χ1) is 18.6. The summed E-state index contributed by atoms with van der Waals surface area (Å²) in [5.41, 5.74) is 4.35. The van der Waals surface area contributed by atoms with E-state index in [4.69, 9.17) is 4.43 Å². The second-order valence-electron chi connectivity index (χ2n) is 12.9. The highest BCUT2D eigenvalue weighted by atomic mass is 28.4. The lowest BCUT2D eigenvalue weighted by Crippen LogP contribution is -2.41. The summed E-state index contributed by atoms with van der Waals surface area (Å²) in [6.07, 6.45) is 7.61. The fraction of sp³-hybridized carbons (Fsp3) is 0.484. The Morgan fingerprint density at radius 3 is 2.55 bits per heavy atom. The molecule has 0 atom stereocenters. The molecule has 0 unspecified atom stereocenters. The highest BCUT2D eigenvalue weighted by Crippen LogP contribution is 2.37. The van der Waals surface area contributed by atoms with Gasteiger partial charge >= 0.3 is 0 Å². The molecule has 1 aliphatic rings. The fourth-order valence-corrected chi connectivity index (χ4v) is 5.63. The van der Waals surface area contributed by atoms with Gasteiger partial charge in [-0.25, -0.2) is 0 Å². The number of amides is 1. The van der Waals surface area contributed by atoms with E-state index in [1.807, 2.05) is 18.1 Å². The molecule has 0 radical (unpaired) electrons. The number of aryl methyl sites for hydroxylation is 2. The number of amidine groups is 1. The van der Waals surface area contributed by atoms with E-state index < -0.39 is 13.9 Å². The Balaban J connectivity index is 1.51. The van der Waals surface area contributed by atoms with Gasteiger partial charge in [0.15, 0.2) is 8.32 Å². The van der Waals surface area contributed by atoms with E-state index in [0.717, 1.165) is 36.3 Å². The number of hydrogen-bond acceptors (Lipinski definition) is 5. The molecule has 214 valence electrons. The molecule has 0 bridgehead atoms. The maximum absolute atomic E-state index is 13.3. The zero-order valence-electron chi connectivity index (χ0n) is 25.2. The van der Waals surface area contributed by atoms with Gasteiger partial charge in [0, 0.05) is 49.3 Å². The summed E-state index contributed by atoms with van der Waals surface area (Å²) in [5.74, 6) is 0.305. The number of pyridine rings is 1. The molecule has 1 aromatic carbocycles.